The first kappa shape index (κ1) is 22.8. The fourth-order valence-corrected chi connectivity index (χ4v) is 5.45. The molecule has 0 radical (unpaired) electrons. The van der Waals surface area contributed by atoms with Gasteiger partial charge in [0.15, 0.2) is 5.13 Å². The first-order valence-corrected chi connectivity index (χ1v) is 12.8. The number of hydrogen-bond acceptors (Lipinski definition) is 6. The van der Waals surface area contributed by atoms with Crippen molar-refractivity contribution in [3.8, 4) is 10.6 Å². The zero-order chi connectivity index (χ0) is 22.5. The van der Waals surface area contributed by atoms with Crippen molar-refractivity contribution in [3.05, 3.63) is 81.0 Å². The first-order valence-electron chi connectivity index (χ1n) is 9.26. The first-order chi connectivity index (χ1) is 15.5. The molecule has 2 aromatic heterocycles. The lowest BCUT2D eigenvalue weighted by atomic mass is 10.2. The molecule has 0 aliphatic rings. The van der Waals surface area contributed by atoms with Gasteiger partial charge in [-0.1, -0.05) is 35.3 Å². The van der Waals surface area contributed by atoms with Crippen LogP contribution < -0.4 is 10.6 Å². The number of anilines is 2. The second-order valence-corrected chi connectivity index (χ2v) is 10.2. The number of hydrogen-bond donors (Lipinski definition) is 2. The highest BCUT2D eigenvalue weighted by Crippen LogP contribution is 2.29. The van der Waals surface area contributed by atoms with Crippen LogP contribution in [0.2, 0.25) is 10.0 Å². The van der Waals surface area contributed by atoms with E-state index < -0.39 is 0 Å². The molecular formula is C22H15Cl2N3O2S3. The van der Waals surface area contributed by atoms with Crippen LogP contribution in [-0.2, 0) is 4.79 Å². The molecule has 0 aliphatic heterocycles. The maximum absolute atomic E-state index is 12.5. The van der Waals surface area contributed by atoms with Gasteiger partial charge in [0.2, 0.25) is 5.91 Å². The van der Waals surface area contributed by atoms with Crippen LogP contribution in [0.5, 0.6) is 0 Å². The Morgan fingerprint density at radius 2 is 1.88 bits per heavy atom. The lowest BCUT2D eigenvalue weighted by Crippen LogP contribution is -2.14. The van der Waals surface area contributed by atoms with Gasteiger partial charge in [-0.15, -0.1) is 34.4 Å². The Bertz CT molecular complexity index is 1260. The molecule has 0 fully saturated rings. The highest BCUT2D eigenvalue weighted by molar-refractivity contribution is 8.00. The average Bonchev–Trinajstić information content (AvgIpc) is 3.44. The summed E-state index contributed by atoms with van der Waals surface area (Å²) in [7, 11) is 0. The van der Waals surface area contributed by atoms with E-state index in [0.717, 1.165) is 15.5 Å². The molecule has 10 heteroatoms. The molecule has 0 spiro atoms. The number of thiazole rings is 1. The summed E-state index contributed by atoms with van der Waals surface area (Å²) in [5.41, 5.74) is 1.79. The van der Waals surface area contributed by atoms with E-state index in [0.29, 0.717) is 21.4 Å². The standard InChI is InChI=1S/C22H15Cl2N3O2S3/c23-13-6-7-16(17(24)9-13)21(29)25-14-3-1-4-15(10-14)31-12-20(28)27-22-26-18(11-32-22)19-5-2-8-30-19/h1-11H,12H2,(H,25,29)(H,26,27,28). The third kappa shape index (κ3) is 5.90. The van der Waals surface area contributed by atoms with Crippen LogP contribution in [0.15, 0.2) is 70.3 Å². The quantitative estimate of drug-likeness (QED) is 0.254. The highest BCUT2D eigenvalue weighted by Gasteiger charge is 2.12. The number of carbonyl (C=O) groups excluding carboxylic acids is 2. The van der Waals surface area contributed by atoms with Gasteiger partial charge in [-0.25, -0.2) is 4.98 Å². The number of rotatable bonds is 7. The lowest BCUT2D eigenvalue weighted by molar-refractivity contribution is -0.113. The van der Waals surface area contributed by atoms with Crippen molar-refractivity contribution in [2.45, 2.75) is 4.90 Å². The van der Waals surface area contributed by atoms with Crippen LogP contribution in [-0.4, -0.2) is 22.6 Å². The van der Waals surface area contributed by atoms with Gasteiger partial charge in [0.1, 0.15) is 0 Å². The number of thioether (sulfide) groups is 1. The molecule has 0 saturated heterocycles. The van der Waals surface area contributed by atoms with E-state index in [-0.39, 0.29) is 22.6 Å². The third-order valence-corrected chi connectivity index (χ3v) is 7.35. The normalized spacial score (nSPS) is 10.7. The van der Waals surface area contributed by atoms with Crippen molar-refractivity contribution in [2.75, 3.05) is 16.4 Å². The topological polar surface area (TPSA) is 71.1 Å². The van der Waals surface area contributed by atoms with Crippen LogP contribution in [0.4, 0.5) is 10.8 Å². The van der Waals surface area contributed by atoms with E-state index in [9.17, 15) is 9.59 Å². The number of benzene rings is 2. The third-order valence-electron chi connectivity index (χ3n) is 4.16. The molecule has 2 heterocycles. The Hall–Kier alpha value is -2.36. The molecule has 2 N–H and O–H groups in total. The molecule has 32 heavy (non-hydrogen) atoms. The van der Waals surface area contributed by atoms with Gasteiger partial charge in [0, 0.05) is 21.0 Å². The fraction of sp³-hybridized carbons (Fsp3) is 0.0455. The zero-order valence-corrected chi connectivity index (χ0v) is 20.3. The predicted molar refractivity (Wildman–Crippen MR) is 136 cm³/mol. The van der Waals surface area contributed by atoms with E-state index in [1.807, 2.05) is 35.0 Å². The van der Waals surface area contributed by atoms with Gasteiger partial charge in [-0.2, -0.15) is 0 Å². The SMILES string of the molecule is O=C(CSc1cccc(NC(=O)c2ccc(Cl)cc2Cl)c1)Nc1nc(-c2cccs2)cs1. The highest BCUT2D eigenvalue weighted by atomic mass is 35.5. The number of carbonyl (C=O) groups is 2. The molecule has 4 aromatic rings. The van der Waals surface area contributed by atoms with E-state index in [4.69, 9.17) is 23.2 Å². The van der Waals surface area contributed by atoms with E-state index in [1.165, 1.54) is 29.2 Å². The van der Waals surface area contributed by atoms with Crippen molar-refractivity contribution >= 4 is 80.3 Å². The number of aromatic nitrogens is 1. The van der Waals surface area contributed by atoms with Gasteiger partial charge in [-0.3, -0.25) is 9.59 Å². The summed E-state index contributed by atoms with van der Waals surface area (Å²) >= 11 is 16.4. The molecule has 5 nitrogen and oxygen atoms in total. The van der Waals surface area contributed by atoms with Crippen LogP contribution in [0.1, 0.15) is 10.4 Å². The molecule has 0 aliphatic carbocycles. The Morgan fingerprint density at radius 1 is 1.00 bits per heavy atom. The second-order valence-electron chi connectivity index (χ2n) is 6.46. The van der Waals surface area contributed by atoms with Crippen LogP contribution in [0.3, 0.4) is 0 Å². The van der Waals surface area contributed by atoms with E-state index >= 15 is 0 Å². The van der Waals surface area contributed by atoms with Gasteiger partial charge < -0.3 is 10.6 Å². The van der Waals surface area contributed by atoms with Crippen molar-refractivity contribution < 1.29 is 9.59 Å². The van der Waals surface area contributed by atoms with Gasteiger partial charge in [0.05, 0.1) is 26.9 Å². The average molecular weight is 520 g/mol. The summed E-state index contributed by atoms with van der Waals surface area (Å²) in [5, 5.41) is 10.9. The van der Waals surface area contributed by atoms with Crippen molar-refractivity contribution in [2.24, 2.45) is 0 Å². The Balaban J connectivity index is 1.32. The molecule has 2 amide bonds. The molecule has 0 atom stereocenters. The Kier molecular flexibility index (Phi) is 7.49. The van der Waals surface area contributed by atoms with Crippen LogP contribution >= 0.6 is 57.6 Å². The molecule has 0 unspecified atom stereocenters. The summed E-state index contributed by atoms with van der Waals surface area (Å²) in [6.07, 6.45) is 0. The summed E-state index contributed by atoms with van der Waals surface area (Å²) in [4.78, 5) is 31.2. The minimum Gasteiger partial charge on any atom is -0.322 e. The number of amides is 2. The summed E-state index contributed by atoms with van der Waals surface area (Å²) < 4.78 is 0. The van der Waals surface area contributed by atoms with Gasteiger partial charge in [-0.05, 0) is 47.8 Å². The summed E-state index contributed by atoms with van der Waals surface area (Å²) in [6.45, 7) is 0. The van der Waals surface area contributed by atoms with Crippen molar-refractivity contribution in [1.29, 1.82) is 0 Å². The second kappa shape index (κ2) is 10.5. The van der Waals surface area contributed by atoms with Gasteiger partial charge >= 0.3 is 0 Å². The Labute approximate surface area is 206 Å². The molecule has 0 saturated carbocycles. The van der Waals surface area contributed by atoms with E-state index in [2.05, 4.69) is 15.6 Å². The van der Waals surface area contributed by atoms with Crippen molar-refractivity contribution in [1.82, 2.24) is 4.98 Å². The van der Waals surface area contributed by atoms with Gasteiger partial charge in [0.25, 0.3) is 5.91 Å². The molecule has 162 valence electrons. The number of nitrogens with one attached hydrogen (secondary N) is 2. The number of nitrogens with zero attached hydrogens (tertiary/aromatic N) is 1. The van der Waals surface area contributed by atoms with Crippen LogP contribution in [0, 0.1) is 0 Å². The number of thiophene rings is 1. The largest absolute Gasteiger partial charge is 0.322 e. The lowest BCUT2D eigenvalue weighted by Gasteiger charge is -2.09. The predicted octanol–water partition coefficient (Wildman–Crippen LogP) is 7.16. The molecule has 4 rings (SSSR count). The zero-order valence-electron chi connectivity index (χ0n) is 16.3. The number of halogens is 2. The van der Waals surface area contributed by atoms with Crippen LogP contribution in [0.25, 0.3) is 10.6 Å². The maximum atomic E-state index is 12.5. The smallest absolute Gasteiger partial charge is 0.257 e. The van der Waals surface area contributed by atoms with E-state index in [1.54, 1.807) is 35.6 Å². The summed E-state index contributed by atoms with van der Waals surface area (Å²) in [5.74, 6) is -0.268. The van der Waals surface area contributed by atoms with Crippen molar-refractivity contribution in [3.63, 3.8) is 0 Å². The fourth-order valence-electron chi connectivity index (χ4n) is 2.71. The summed E-state index contributed by atoms with van der Waals surface area (Å²) in [6, 6.07) is 15.9. The minimum absolute atomic E-state index is 0.149. The minimum atomic E-state index is -0.336. The monoisotopic (exact) mass is 519 g/mol. The molecular weight excluding hydrogens is 505 g/mol. The Morgan fingerprint density at radius 3 is 2.66 bits per heavy atom. The molecule has 2 aromatic carbocycles. The maximum Gasteiger partial charge on any atom is 0.257 e. The molecule has 0 bridgehead atoms.